The van der Waals surface area contributed by atoms with Crippen molar-refractivity contribution in [2.45, 2.75) is 19.1 Å². The van der Waals surface area contributed by atoms with Gasteiger partial charge in [-0.1, -0.05) is 41.4 Å². The molecule has 3 rings (SSSR count). The molecule has 1 aromatic heterocycles. The first-order valence-electron chi connectivity index (χ1n) is 9.19. The Kier molecular flexibility index (Phi) is 7.13. The molecule has 0 aliphatic carbocycles. The normalized spacial score (nSPS) is 15.2. The number of halogens is 2. The first-order chi connectivity index (χ1) is 13.5. The van der Waals surface area contributed by atoms with E-state index in [1.807, 2.05) is 43.3 Å². The molecule has 1 aliphatic heterocycles. The van der Waals surface area contributed by atoms with Gasteiger partial charge in [0.2, 0.25) is 0 Å². The Bertz CT molecular complexity index is 798. The van der Waals surface area contributed by atoms with Crippen LogP contribution in [0.2, 0.25) is 10.2 Å². The van der Waals surface area contributed by atoms with Gasteiger partial charge in [-0.25, -0.2) is 9.78 Å². The average molecular weight is 424 g/mol. The number of hydrogen-bond donors (Lipinski definition) is 1. The number of likely N-dealkylation sites (tertiary alicyclic amines) is 1. The van der Waals surface area contributed by atoms with Crippen LogP contribution in [0.15, 0.2) is 42.6 Å². The molecule has 28 heavy (non-hydrogen) atoms. The van der Waals surface area contributed by atoms with Crippen molar-refractivity contribution in [3.63, 3.8) is 0 Å². The number of nitrogens with zero attached hydrogens (tertiary/aromatic N) is 3. The topological polar surface area (TPSA) is 65.9 Å². The zero-order valence-corrected chi connectivity index (χ0v) is 17.1. The number of benzene rings is 1. The minimum atomic E-state index is -0.402. The summed E-state index contributed by atoms with van der Waals surface area (Å²) in [5.74, 6) is 0. The lowest BCUT2D eigenvalue weighted by Gasteiger charge is -2.42. The van der Waals surface area contributed by atoms with Gasteiger partial charge in [-0.3, -0.25) is 0 Å². The average Bonchev–Trinajstić information content (AvgIpc) is 2.66. The van der Waals surface area contributed by atoms with Gasteiger partial charge in [0.25, 0.3) is 0 Å². The van der Waals surface area contributed by atoms with Crippen LogP contribution < -0.4 is 0 Å². The van der Waals surface area contributed by atoms with E-state index in [1.165, 1.54) is 0 Å². The lowest BCUT2D eigenvalue weighted by molar-refractivity contribution is -0.0689. The molecule has 8 heteroatoms. The highest BCUT2D eigenvalue weighted by atomic mass is 35.5. The van der Waals surface area contributed by atoms with Crippen molar-refractivity contribution < 1.29 is 14.6 Å². The molecule has 0 saturated carbocycles. The highest BCUT2D eigenvalue weighted by Crippen LogP contribution is 2.33. The number of likely N-dealkylation sites (N-methyl/N-ethyl adjacent to an activating group) is 1. The summed E-state index contributed by atoms with van der Waals surface area (Å²) in [5, 5.41) is 10.1. The molecule has 0 spiro atoms. The fraction of sp³-hybridized carbons (Fsp3) is 0.400. The van der Waals surface area contributed by atoms with Crippen LogP contribution in [0.5, 0.6) is 0 Å². The van der Waals surface area contributed by atoms with Gasteiger partial charge in [-0.05, 0) is 30.7 Å². The zero-order chi connectivity index (χ0) is 20.1. The van der Waals surface area contributed by atoms with Crippen LogP contribution in [0.25, 0.3) is 0 Å². The van der Waals surface area contributed by atoms with Crippen molar-refractivity contribution >= 4 is 29.2 Å². The van der Waals surface area contributed by atoms with E-state index in [1.54, 1.807) is 16.0 Å². The van der Waals surface area contributed by atoms with Crippen LogP contribution >= 0.6 is 23.2 Å². The summed E-state index contributed by atoms with van der Waals surface area (Å²) < 4.78 is 6.30. The van der Waals surface area contributed by atoms with Gasteiger partial charge in [-0.15, -0.1) is 0 Å². The zero-order valence-electron chi connectivity index (χ0n) is 15.6. The van der Waals surface area contributed by atoms with Crippen LogP contribution in [0.4, 0.5) is 4.79 Å². The number of aliphatic hydroxyl groups excluding tert-OH is 1. The van der Waals surface area contributed by atoms with Gasteiger partial charge >= 0.3 is 6.03 Å². The maximum Gasteiger partial charge on any atom is 0.320 e. The summed E-state index contributed by atoms with van der Waals surface area (Å²) in [4.78, 5) is 19.9. The molecule has 1 aromatic carbocycles. The van der Waals surface area contributed by atoms with Gasteiger partial charge in [0, 0.05) is 29.9 Å². The molecule has 2 aromatic rings. The number of hydrogen-bond acceptors (Lipinski definition) is 4. The monoisotopic (exact) mass is 423 g/mol. The maximum atomic E-state index is 12.4. The Morgan fingerprint density at radius 3 is 2.64 bits per heavy atom. The van der Waals surface area contributed by atoms with Crippen LogP contribution in [0.3, 0.4) is 0 Å². The van der Waals surface area contributed by atoms with Crippen LogP contribution in [-0.2, 0) is 4.74 Å². The highest BCUT2D eigenvalue weighted by Gasteiger charge is 2.36. The van der Waals surface area contributed by atoms with E-state index in [-0.39, 0.29) is 18.7 Å². The summed E-state index contributed by atoms with van der Waals surface area (Å²) in [5.41, 5.74) is 1.69. The second kappa shape index (κ2) is 9.56. The van der Waals surface area contributed by atoms with E-state index >= 15 is 0 Å². The van der Waals surface area contributed by atoms with E-state index in [2.05, 4.69) is 4.98 Å². The first kappa shape index (κ1) is 20.9. The van der Waals surface area contributed by atoms with Crippen LogP contribution in [-0.4, -0.2) is 64.8 Å². The molecule has 6 nitrogen and oxygen atoms in total. The third-order valence-electron chi connectivity index (χ3n) is 4.71. The van der Waals surface area contributed by atoms with E-state index in [9.17, 15) is 4.79 Å². The van der Waals surface area contributed by atoms with Crippen LogP contribution in [0.1, 0.15) is 24.2 Å². The third-order valence-corrected chi connectivity index (χ3v) is 5.28. The Hall–Kier alpha value is -1.86. The van der Waals surface area contributed by atoms with Crippen molar-refractivity contribution in [1.82, 2.24) is 14.8 Å². The van der Waals surface area contributed by atoms with Crippen molar-refractivity contribution in [3.8, 4) is 0 Å². The van der Waals surface area contributed by atoms with E-state index in [0.717, 1.165) is 11.1 Å². The van der Waals surface area contributed by atoms with E-state index in [0.29, 0.717) is 36.4 Å². The van der Waals surface area contributed by atoms with Crippen molar-refractivity contribution in [2.75, 3.05) is 32.8 Å². The molecule has 1 atom stereocenters. The minimum absolute atomic E-state index is 0.0501. The Morgan fingerprint density at radius 2 is 2.04 bits per heavy atom. The smallest absolute Gasteiger partial charge is 0.320 e. The second-order valence-electron chi connectivity index (χ2n) is 6.56. The lowest BCUT2D eigenvalue weighted by Crippen LogP contribution is -2.59. The Balaban J connectivity index is 1.71. The molecule has 1 N–H and O–H groups in total. The first-order valence-corrected chi connectivity index (χ1v) is 9.95. The quantitative estimate of drug-likeness (QED) is 0.690. The number of amides is 2. The Morgan fingerprint density at radius 1 is 1.32 bits per heavy atom. The predicted octanol–water partition coefficient (Wildman–Crippen LogP) is 3.61. The van der Waals surface area contributed by atoms with Crippen molar-refractivity contribution in [2.24, 2.45) is 0 Å². The molecule has 0 radical (unpaired) electrons. The number of aromatic nitrogens is 1. The number of carbonyl (C=O) groups is 1. The molecule has 2 amide bonds. The summed E-state index contributed by atoms with van der Waals surface area (Å²) in [6, 6.07) is 11.0. The number of carbonyl (C=O) groups excluding carboxylic acids is 1. The van der Waals surface area contributed by atoms with Crippen LogP contribution in [0, 0.1) is 0 Å². The molecule has 2 heterocycles. The third kappa shape index (κ3) is 4.75. The second-order valence-corrected chi connectivity index (χ2v) is 7.36. The number of urea groups is 1. The number of pyridine rings is 1. The number of rotatable bonds is 7. The van der Waals surface area contributed by atoms with Gasteiger partial charge < -0.3 is 19.6 Å². The summed E-state index contributed by atoms with van der Waals surface area (Å²) in [6.07, 6.45) is 1.11. The summed E-state index contributed by atoms with van der Waals surface area (Å²) >= 11 is 12.3. The molecule has 1 unspecified atom stereocenters. The number of ether oxygens (including phenoxy) is 1. The predicted molar refractivity (Wildman–Crippen MR) is 109 cm³/mol. The van der Waals surface area contributed by atoms with Gasteiger partial charge in [-0.2, -0.15) is 0 Å². The van der Waals surface area contributed by atoms with E-state index < -0.39 is 6.10 Å². The van der Waals surface area contributed by atoms with Gasteiger partial charge in [0.05, 0.1) is 25.8 Å². The van der Waals surface area contributed by atoms with Gasteiger partial charge in [0.1, 0.15) is 11.3 Å². The molecular weight excluding hydrogens is 401 g/mol. The Labute approximate surface area is 174 Å². The largest absolute Gasteiger partial charge is 0.395 e. The molecule has 1 aliphatic rings. The van der Waals surface area contributed by atoms with Gasteiger partial charge in [0.15, 0.2) is 0 Å². The summed E-state index contributed by atoms with van der Waals surface area (Å²) in [7, 11) is 0. The SMILES string of the molecule is CCN(CCO)C(=O)N1CC(OC(c2ccc(Cl)cc2)c2cccnc2Cl)C1. The molecule has 0 bridgehead atoms. The van der Waals surface area contributed by atoms with Crippen molar-refractivity contribution in [3.05, 3.63) is 63.9 Å². The molecule has 1 fully saturated rings. The highest BCUT2D eigenvalue weighted by molar-refractivity contribution is 6.30. The fourth-order valence-corrected chi connectivity index (χ4v) is 3.49. The minimum Gasteiger partial charge on any atom is -0.395 e. The number of aliphatic hydroxyl groups is 1. The maximum absolute atomic E-state index is 12.4. The standard InChI is InChI=1S/C20H23Cl2N3O3/c1-2-24(10-11-26)20(27)25-12-16(13-25)28-18(14-5-7-15(21)8-6-14)17-4-3-9-23-19(17)22/h3-9,16,18,26H,2,10-13H2,1H3. The van der Waals surface area contributed by atoms with E-state index in [4.69, 9.17) is 33.0 Å². The summed E-state index contributed by atoms with van der Waals surface area (Å²) in [6.45, 7) is 3.70. The molecule has 1 saturated heterocycles. The fourth-order valence-electron chi connectivity index (χ4n) is 3.15. The van der Waals surface area contributed by atoms with Crippen molar-refractivity contribution in [1.29, 1.82) is 0 Å². The lowest BCUT2D eigenvalue weighted by atomic mass is 10.0. The molecule has 150 valence electrons. The molecular formula is C20H23Cl2N3O3.